The van der Waals surface area contributed by atoms with Crippen molar-refractivity contribution in [2.75, 3.05) is 18.9 Å². The summed E-state index contributed by atoms with van der Waals surface area (Å²) in [5, 5.41) is 5.50. The maximum Gasteiger partial charge on any atom is 0.0764 e. The number of rotatable bonds is 5. The molecule has 0 saturated carbocycles. The lowest BCUT2D eigenvalue weighted by molar-refractivity contribution is 0.342. The van der Waals surface area contributed by atoms with E-state index in [9.17, 15) is 0 Å². The second-order valence-corrected chi connectivity index (χ2v) is 4.60. The molecule has 1 heterocycles. The van der Waals surface area contributed by atoms with Crippen LogP contribution in [0.25, 0.3) is 0 Å². The first-order valence-electron chi connectivity index (χ1n) is 4.92. The zero-order chi connectivity index (χ0) is 10.6. The Hall–Kier alpha value is -0.350. The third-order valence-corrected chi connectivity index (χ3v) is 2.45. The van der Waals surface area contributed by atoms with Crippen LogP contribution in [-0.4, -0.2) is 33.6 Å². The highest BCUT2D eigenvalue weighted by atomic mass is 79.9. The van der Waals surface area contributed by atoms with Crippen LogP contribution in [0.15, 0.2) is 12.3 Å². The quantitative estimate of drug-likeness (QED) is 0.757. The first-order valence-corrected chi connectivity index (χ1v) is 6.04. The van der Waals surface area contributed by atoms with Crippen LogP contribution < -0.4 is 0 Å². The number of alkyl halides is 1. The molecule has 0 radical (unpaired) electrons. The van der Waals surface area contributed by atoms with Crippen LogP contribution in [0, 0.1) is 0 Å². The van der Waals surface area contributed by atoms with Gasteiger partial charge in [0.1, 0.15) is 0 Å². The SMILES string of the molecule is CC(C)n1ccc(CN(C)CCBr)n1. The Balaban J connectivity index is 2.51. The Bertz CT molecular complexity index is 270. The van der Waals surface area contributed by atoms with Crippen molar-refractivity contribution in [3.63, 3.8) is 0 Å². The molecule has 14 heavy (non-hydrogen) atoms. The lowest BCUT2D eigenvalue weighted by Crippen LogP contribution is -2.20. The molecule has 4 heteroatoms. The molecule has 0 unspecified atom stereocenters. The summed E-state index contributed by atoms with van der Waals surface area (Å²) >= 11 is 3.42. The summed E-state index contributed by atoms with van der Waals surface area (Å²) in [5.41, 5.74) is 1.14. The van der Waals surface area contributed by atoms with E-state index in [1.165, 1.54) is 0 Å². The van der Waals surface area contributed by atoms with Crippen LogP contribution in [0.5, 0.6) is 0 Å². The van der Waals surface area contributed by atoms with Gasteiger partial charge in [-0.3, -0.25) is 9.58 Å². The normalized spacial score (nSPS) is 11.6. The van der Waals surface area contributed by atoms with Crippen molar-refractivity contribution in [2.45, 2.75) is 26.4 Å². The molecule has 0 aliphatic rings. The van der Waals surface area contributed by atoms with Gasteiger partial charge in [-0.2, -0.15) is 5.10 Å². The molecule has 0 aliphatic heterocycles. The summed E-state index contributed by atoms with van der Waals surface area (Å²) in [7, 11) is 2.11. The summed E-state index contributed by atoms with van der Waals surface area (Å²) < 4.78 is 2.00. The van der Waals surface area contributed by atoms with Gasteiger partial charge < -0.3 is 0 Å². The molecule has 3 nitrogen and oxygen atoms in total. The van der Waals surface area contributed by atoms with Crippen molar-refractivity contribution >= 4 is 15.9 Å². The summed E-state index contributed by atoms with van der Waals surface area (Å²) in [5.74, 6) is 0. The topological polar surface area (TPSA) is 21.1 Å². The van der Waals surface area contributed by atoms with Gasteiger partial charge in [-0.05, 0) is 27.0 Å². The van der Waals surface area contributed by atoms with Gasteiger partial charge in [-0.15, -0.1) is 0 Å². The van der Waals surface area contributed by atoms with Crippen molar-refractivity contribution in [2.24, 2.45) is 0 Å². The maximum absolute atomic E-state index is 4.49. The third-order valence-electron chi connectivity index (χ3n) is 2.09. The van der Waals surface area contributed by atoms with Crippen molar-refractivity contribution in [3.05, 3.63) is 18.0 Å². The molecule has 80 valence electrons. The molecule has 0 atom stereocenters. The minimum atomic E-state index is 0.449. The van der Waals surface area contributed by atoms with Crippen LogP contribution >= 0.6 is 15.9 Å². The largest absolute Gasteiger partial charge is 0.300 e. The highest BCUT2D eigenvalue weighted by Gasteiger charge is 2.04. The van der Waals surface area contributed by atoms with Gasteiger partial charge in [0, 0.05) is 30.7 Å². The minimum Gasteiger partial charge on any atom is -0.300 e. The third kappa shape index (κ3) is 3.42. The van der Waals surface area contributed by atoms with E-state index in [-0.39, 0.29) is 0 Å². The van der Waals surface area contributed by atoms with Crippen LogP contribution in [0.3, 0.4) is 0 Å². The minimum absolute atomic E-state index is 0.449. The molecule has 0 amide bonds. The van der Waals surface area contributed by atoms with E-state index in [1.54, 1.807) is 0 Å². The van der Waals surface area contributed by atoms with E-state index in [0.717, 1.165) is 24.1 Å². The number of aromatic nitrogens is 2. The second-order valence-electron chi connectivity index (χ2n) is 3.81. The second kappa shape index (κ2) is 5.51. The van der Waals surface area contributed by atoms with Crippen molar-refractivity contribution in [3.8, 4) is 0 Å². The smallest absolute Gasteiger partial charge is 0.0764 e. The number of hydrogen-bond donors (Lipinski definition) is 0. The first-order chi connectivity index (χ1) is 6.63. The number of hydrogen-bond acceptors (Lipinski definition) is 2. The fraction of sp³-hybridized carbons (Fsp3) is 0.700. The van der Waals surface area contributed by atoms with Crippen LogP contribution in [0.4, 0.5) is 0 Å². The molecule has 0 aromatic carbocycles. The number of nitrogens with zero attached hydrogens (tertiary/aromatic N) is 3. The lowest BCUT2D eigenvalue weighted by atomic mass is 10.4. The monoisotopic (exact) mass is 259 g/mol. The summed E-state index contributed by atoms with van der Waals surface area (Å²) in [6.45, 7) is 6.25. The van der Waals surface area contributed by atoms with Gasteiger partial charge >= 0.3 is 0 Å². The predicted octanol–water partition coefficient (Wildman–Crippen LogP) is 2.29. The highest BCUT2D eigenvalue weighted by Crippen LogP contribution is 2.05. The molecule has 0 spiro atoms. The van der Waals surface area contributed by atoms with E-state index < -0.39 is 0 Å². The predicted molar refractivity (Wildman–Crippen MR) is 62.7 cm³/mol. The van der Waals surface area contributed by atoms with Crippen LogP contribution in [-0.2, 0) is 6.54 Å². The lowest BCUT2D eigenvalue weighted by Gasteiger charge is -2.12. The fourth-order valence-corrected chi connectivity index (χ4v) is 1.85. The average molecular weight is 260 g/mol. The van der Waals surface area contributed by atoms with Crippen molar-refractivity contribution < 1.29 is 0 Å². The summed E-state index contributed by atoms with van der Waals surface area (Å²) in [4.78, 5) is 2.25. The molecular weight excluding hydrogens is 242 g/mol. The van der Waals surface area contributed by atoms with E-state index in [0.29, 0.717) is 6.04 Å². The molecule has 1 aromatic rings. The zero-order valence-electron chi connectivity index (χ0n) is 9.07. The van der Waals surface area contributed by atoms with Gasteiger partial charge in [-0.25, -0.2) is 0 Å². The van der Waals surface area contributed by atoms with E-state index in [1.807, 2.05) is 10.9 Å². The number of halogens is 1. The van der Waals surface area contributed by atoms with Gasteiger partial charge in [-0.1, -0.05) is 15.9 Å². The molecule has 1 rings (SSSR count). The molecule has 0 aliphatic carbocycles. The van der Waals surface area contributed by atoms with Gasteiger partial charge in [0.05, 0.1) is 5.69 Å². The Labute approximate surface area is 94.2 Å². The van der Waals surface area contributed by atoms with E-state index >= 15 is 0 Å². The first kappa shape index (κ1) is 11.7. The Morgan fingerprint density at radius 2 is 2.29 bits per heavy atom. The summed E-state index contributed by atoms with van der Waals surface area (Å²) in [6, 6.07) is 2.54. The van der Waals surface area contributed by atoms with Gasteiger partial charge in [0.15, 0.2) is 0 Å². The van der Waals surface area contributed by atoms with Crippen LogP contribution in [0.1, 0.15) is 25.6 Å². The standard InChI is InChI=1S/C10H18BrN3/c1-9(2)14-6-4-10(12-14)8-13(3)7-5-11/h4,6,9H,5,7-8H2,1-3H3. The molecule has 1 aromatic heterocycles. The van der Waals surface area contributed by atoms with Gasteiger partial charge in [0.2, 0.25) is 0 Å². The maximum atomic E-state index is 4.49. The van der Waals surface area contributed by atoms with E-state index in [2.05, 4.69) is 52.9 Å². The highest BCUT2D eigenvalue weighted by molar-refractivity contribution is 9.09. The van der Waals surface area contributed by atoms with Crippen molar-refractivity contribution in [1.82, 2.24) is 14.7 Å². The fourth-order valence-electron chi connectivity index (χ4n) is 1.25. The zero-order valence-corrected chi connectivity index (χ0v) is 10.7. The van der Waals surface area contributed by atoms with Gasteiger partial charge in [0.25, 0.3) is 0 Å². The Morgan fingerprint density at radius 3 is 2.79 bits per heavy atom. The molecular formula is C10H18BrN3. The molecule has 0 bridgehead atoms. The molecule has 0 saturated heterocycles. The van der Waals surface area contributed by atoms with Crippen LogP contribution in [0.2, 0.25) is 0 Å². The summed E-state index contributed by atoms with van der Waals surface area (Å²) in [6.07, 6.45) is 2.04. The van der Waals surface area contributed by atoms with E-state index in [4.69, 9.17) is 0 Å². The molecule has 0 fully saturated rings. The molecule has 0 N–H and O–H groups in total. The van der Waals surface area contributed by atoms with Crippen molar-refractivity contribution in [1.29, 1.82) is 0 Å². The Kier molecular flexibility index (Phi) is 4.62. The average Bonchev–Trinajstić information content (AvgIpc) is 2.53. The Morgan fingerprint density at radius 1 is 1.57 bits per heavy atom.